The van der Waals surface area contributed by atoms with Crippen LogP contribution in [0.2, 0.25) is 0 Å². The lowest BCUT2D eigenvalue weighted by Gasteiger charge is -2.15. The van der Waals surface area contributed by atoms with Crippen molar-refractivity contribution in [3.05, 3.63) is 29.8 Å². The van der Waals surface area contributed by atoms with Gasteiger partial charge < -0.3 is 15.0 Å². The third kappa shape index (κ3) is 5.75. The average molecular weight is 264 g/mol. The molecule has 0 aliphatic rings. The lowest BCUT2D eigenvalue weighted by Crippen LogP contribution is -2.23. The molecule has 1 rings (SSSR count). The van der Waals surface area contributed by atoms with E-state index in [9.17, 15) is 4.79 Å². The molecule has 1 amide bonds. The summed E-state index contributed by atoms with van der Waals surface area (Å²) in [4.78, 5) is 13.2. The van der Waals surface area contributed by atoms with Crippen LogP contribution in [-0.2, 0) is 16.0 Å². The van der Waals surface area contributed by atoms with Crippen molar-refractivity contribution >= 4 is 11.6 Å². The Balaban J connectivity index is 2.49. The van der Waals surface area contributed by atoms with Crippen molar-refractivity contribution in [2.45, 2.75) is 25.8 Å². The molecule has 19 heavy (non-hydrogen) atoms. The van der Waals surface area contributed by atoms with E-state index in [1.54, 1.807) is 26.1 Å². The number of carbonyl (C=O) groups excluding carboxylic acids is 1. The summed E-state index contributed by atoms with van der Waals surface area (Å²) in [5.41, 5.74) is 2.11. The zero-order valence-electron chi connectivity index (χ0n) is 12.3. The van der Waals surface area contributed by atoms with Gasteiger partial charge in [0, 0.05) is 39.5 Å². The van der Waals surface area contributed by atoms with E-state index in [2.05, 4.69) is 12.2 Å². The summed E-state index contributed by atoms with van der Waals surface area (Å²) < 4.78 is 5.05. The highest BCUT2D eigenvalue weighted by Gasteiger charge is 2.06. The highest BCUT2D eigenvalue weighted by molar-refractivity contribution is 5.78. The first kappa shape index (κ1) is 15.5. The fraction of sp³-hybridized carbons (Fsp3) is 0.533. The summed E-state index contributed by atoms with van der Waals surface area (Å²) in [7, 11) is 5.26. The van der Waals surface area contributed by atoms with Gasteiger partial charge in [-0.2, -0.15) is 0 Å². The smallest absolute Gasteiger partial charge is 0.226 e. The van der Waals surface area contributed by atoms with Crippen LogP contribution in [0.25, 0.3) is 0 Å². The van der Waals surface area contributed by atoms with Crippen LogP contribution < -0.4 is 5.32 Å². The van der Waals surface area contributed by atoms with E-state index in [-0.39, 0.29) is 5.91 Å². The van der Waals surface area contributed by atoms with Crippen molar-refractivity contribution in [3.63, 3.8) is 0 Å². The molecule has 0 spiro atoms. The first-order chi connectivity index (χ1) is 9.02. The maximum absolute atomic E-state index is 11.6. The minimum absolute atomic E-state index is 0.120. The summed E-state index contributed by atoms with van der Waals surface area (Å²) >= 11 is 0. The summed E-state index contributed by atoms with van der Waals surface area (Å²) in [6.45, 7) is 2.88. The molecule has 1 aromatic rings. The Morgan fingerprint density at radius 2 is 1.95 bits per heavy atom. The summed E-state index contributed by atoms with van der Waals surface area (Å²) in [5.74, 6) is 0.120. The van der Waals surface area contributed by atoms with Crippen molar-refractivity contribution in [1.29, 1.82) is 0 Å². The Kier molecular flexibility index (Phi) is 6.36. The number of rotatable bonds is 7. The van der Waals surface area contributed by atoms with Crippen LogP contribution in [0.5, 0.6) is 0 Å². The van der Waals surface area contributed by atoms with Crippen LogP contribution in [0.4, 0.5) is 5.69 Å². The maximum Gasteiger partial charge on any atom is 0.226 e. The van der Waals surface area contributed by atoms with Crippen LogP contribution in [0.15, 0.2) is 24.3 Å². The second kappa shape index (κ2) is 7.79. The first-order valence-electron chi connectivity index (χ1n) is 6.57. The standard InChI is InChI=1S/C15H24N2O2/c1-12(9-10-19-4)16-14-7-5-13(6-8-14)11-15(18)17(2)3/h5-8,12,16H,9-11H2,1-4H3. The van der Waals surface area contributed by atoms with E-state index < -0.39 is 0 Å². The van der Waals surface area contributed by atoms with E-state index in [4.69, 9.17) is 4.74 Å². The Hall–Kier alpha value is -1.55. The van der Waals surface area contributed by atoms with Crippen LogP contribution in [0, 0.1) is 0 Å². The average Bonchev–Trinajstić information content (AvgIpc) is 2.38. The Bertz CT molecular complexity index is 388. The quantitative estimate of drug-likeness (QED) is 0.820. The van der Waals surface area contributed by atoms with E-state index in [0.717, 1.165) is 24.3 Å². The predicted octanol–water partition coefficient (Wildman–Crippen LogP) is 2.15. The SMILES string of the molecule is COCCC(C)Nc1ccc(CC(=O)N(C)C)cc1. The van der Waals surface area contributed by atoms with Crippen molar-refractivity contribution < 1.29 is 9.53 Å². The number of benzene rings is 1. The third-order valence-corrected chi connectivity index (χ3v) is 2.98. The first-order valence-corrected chi connectivity index (χ1v) is 6.57. The fourth-order valence-electron chi connectivity index (χ4n) is 1.70. The molecule has 0 bridgehead atoms. The number of likely N-dealkylation sites (N-methyl/N-ethyl adjacent to an activating group) is 1. The molecule has 4 heteroatoms. The van der Waals surface area contributed by atoms with Gasteiger partial charge in [-0.1, -0.05) is 12.1 Å². The molecule has 106 valence electrons. The van der Waals surface area contributed by atoms with Crippen molar-refractivity contribution in [2.75, 3.05) is 33.1 Å². The van der Waals surface area contributed by atoms with Crippen LogP contribution in [0.3, 0.4) is 0 Å². The van der Waals surface area contributed by atoms with Crippen molar-refractivity contribution in [3.8, 4) is 0 Å². The zero-order valence-corrected chi connectivity index (χ0v) is 12.3. The maximum atomic E-state index is 11.6. The van der Waals surface area contributed by atoms with Crippen molar-refractivity contribution in [1.82, 2.24) is 4.90 Å². The lowest BCUT2D eigenvalue weighted by molar-refractivity contribution is -0.127. The number of nitrogens with zero attached hydrogens (tertiary/aromatic N) is 1. The lowest BCUT2D eigenvalue weighted by atomic mass is 10.1. The van der Waals surface area contributed by atoms with E-state index in [0.29, 0.717) is 12.5 Å². The molecule has 0 saturated heterocycles. The summed E-state index contributed by atoms with van der Waals surface area (Å²) in [6, 6.07) is 8.39. The third-order valence-electron chi connectivity index (χ3n) is 2.98. The largest absolute Gasteiger partial charge is 0.385 e. The Labute approximate surface area is 115 Å². The van der Waals surface area contributed by atoms with Gasteiger partial charge in [-0.25, -0.2) is 0 Å². The molecule has 0 aliphatic heterocycles. The normalized spacial score (nSPS) is 12.0. The monoisotopic (exact) mass is 264 g/mol. The number of hydrogen-bond acceptors (Lipinski definition) is 3. The summed E-state index contributed by atoms with van der Waals surface area (Å²) in [6.07, 6.45) is 1.42. The molecular weight excluding hydrogens is 240 g/mol. The number of carbonyl (C=O) groups is 1. The number of amides is 1. The number of methoxy groups -OCH3 is 1. The van der Waals surface area contributed by atoms with Crippen molar-refractivity contribution in [2.24, 2.45) is 0 Å². The zero-order chi connectivity index (χ0) is 14.3. The van der Waals surface area contributed by atoms with Gasteiger partial charge in [0.1, 0.15) is 0 Å². The predicted molar refractivity (Wildman–Crippen MR) is 78.4 cm³/mol. The van der Waals surface area contributed by atoms with Gasteiger partial charge in [-0.15, -0.1) is 0 Å². The molecule has 1 N–H and O–H groups in total. The van der Waals surface area contributed by atoms with E-state index >= 15 is 0 Å². The second-order valence-electron chi connectivity index (χ2n) is 4.99. The molecule has 1 unspecified atom stereocenters. The molecule has 0 fully saturated rings. The number of hydrogen-bond donors (Lipinski definition) is 1. The molecular formula is C15H24N2O2. The minimum atomic E-state index is 0.120. The molecule has 0 heterocycles. The Morgan fingerprint density at radius 3 is 2.47 bits per heavy atom. The van der Waals surface area contributed by atoms with E-state index in [1.165, 1.54) is 0 Å². The minimum Gasteiger partial charge on any atom is -0.385 e. The molecule has 1 aromatic carbocycles. The molecule has 0 aromatic heterocycles. The van der Waals surface area contributed by atoms with Crippen LogP contribution >= 0.6 is 0 Å². The number of anilines is 1. The molecule has 1 atom stereocenters. The number of nitrogens with one attached hydrogen (secondary N) is 1. The molecule has 0 radical (unpaired) electrons. The molecule has 0 saturated carbocycles. The van der Waals surface area contributed by atoms with Gasteiger partial charge in [-0.3, -0.25) is 4.79 Å². The fourth-order valence-corrected chi connectivity index (χ4v) is 1.70. The molecule has 0 aliphatic carbocycles. The second-order valence-corrected chi connectivity index (χ2v) is 4.99. The van der Waals surface area contributed by atoms with Crippen LogP contribution in [-0.4, -0.2) is 44.7 Å². The van der Waals surface area contributed by atoms with Gasteiger partial charge in [0.25, 0.3) is 0 Å². The van der Waals surface area contributed by atoms with Crippen LogP contribution in [0.1, 0.15) is 18.9 Å². The topological polar surface area (TPSA) is 41.6 Å². The summed E-state index contributed by atoms with van der Waals surface area (Å²) in [5, 5.41) is 3.40. The number of ether oxygens (including phenoxy) is 1. The van der Waals surface area contributed by atoms with Gasteiger partial charge in [0.15, 0.2) is 0 Å². The van der Waals surface area contributed by atoms with Gasteiger partial charge in [0.05, 0.1) is 6.42 Å². The Morgan fingerprint density at radius 1 is 1.32 bits per heavy atom. The van der Waals surface area contributed by atoms with Gasteiger partial charge in [-0.05, 0) is 31.0 Å². The van der Waals surface area contributed by atoms with Gasteiger partial charge in [0.2, 0.25) is 5.91 Å². The molecule has 4 nitrogen and oxygen atoms in total. The highest BCUT2D eigenvalue weighted by atomic mass is 16.5. The van der Waals surface area contributed by atoms with E-state index in [1.807, 2.05) is 24.3 Å². The highest BCUT2D eigenvalue weighted by Crippen LogP contribution is 2.12. The van der Waals surface area contributed by atoms with Gasteiger partial charge >= 0.3 is 0 Å².